The van der Waals surface area contributed by atoms with E-state index in [1.807, 2.05) is 0 Å². The van der Waals surface area contributed by atoms with Crippen LogP contribution in [0, 0.1) is 23.7 Å². The topological polar surface area (TPSA) is 49.7 Å². The standard InChI is InChI=1S/C15H24O3/c1-15(2,3)18-14-10-8(4-6-16)11-12(13(11)14)9(10)5-7-17/h8,10-11,13-14,16-17H,4-7H2,1-3H3. The zero-order valence-corrected chi connectivity index (χ0v) is 11.5. The van der Waals surface area contributed by atoms with Gasteiger partial charge in [-0.25, -0.2) is 0 Å². The summed E-state index contributed by atoms with van der Waals surface area (Å²) in [6, 6.07) is 0. The van der Waals surface area contributed by atoms with E-state index in [9.17, 15) is 10.2 Å². The molecule has 0 radical (unpaired) electrons. The van der Waals surface area contributed by atoms with E-state index in [1.165, 1.54) is 5.57 Å². The lowest BCUT2D eigenvalue weighted by molar-refractivity contribution is -0.0775. The molecule has 0 aromatic heterocycles. The molecule has 4 aliphatic rings. The molecule has 102 valence electrons. The van der Waals surface area contributed by atoms with Gasteiger partial charge in [0.2, 0.25) is 0 Å². The van der Waals surface area contributed by atoms with Crippen molar-refractivity contribution in [3.05, 3.63) is 11.1 Å². The molecule has 5 atom stereocenters. The molecule has 2 N–H and O–H groups in total. The van der Waals surface area contributed by atoms with Gasteiger partial charge in [-0.3, -0.25) is 0 Å². The Balaban J connectivity index is 1.79. The highest BCUT2D eigenvalue weighted by atomic mass is 16.5. The summed E-state index contributed by atoms with van der Waals surface area (Å²) in [5, 5.41) is 18.4. The lowest BCUT2D eigenvalue weighted by atomic mass is 9.88. The van der Waals surface area contributed by atoms with Gasteiger partial charge in [0.1, 0.15) is 0 Å². The van der Waals surface area contributed by atoms with E-state index in [-0.39, 0.29) is 18.8 Å². The quantitative estimate of drug-likeness (QED) is 0.733. The van der Waals surface area contributed by atoms with Crippen LogP contribution in [-0.2, 0) is 4.74 Å². The third-order valence-electron chi connectivity index (χ3n) is 4.73. The molecule has 0 aromatic rings. The van der Waals surface area contributed by atoms with Gasteiger partial charge in [0, 0.05) is 25.0 Å². The van der Waals surface area contributed by atoms with Crippen molar-refractivity contribution in [3.8, 4) is 0 Å². The molecule has 0 heterocycles. The first kappa shape index (κ1) is 12.6. The monoisotopic (exact) mass is 252 g/mol. The first-order valence-electron chi connectivity index (χ1n) is 7.12. The fourth-order valence-electron chi connectivity index (χ4n) is 4.45. The molecule has 5 unspecified atom stereocenters. The van der Waals surface area contributed by atoms with Crippen molar-refractivity contribution in [2.75, 3.05) is 13.2 Å². The van der Waals surface area contributed by atoms with Crippen LogP contribution >= 0.6 is 0 Å². The number of rotatable bonds is 5. The molecule has 4 rings (SSSR count). The average molecular weight is 252 g/mol. The van der Waals surface area contributed by atoms with Crippen LogP contribution in [0.15, 0.2) is 11.1 Å². The Morgan fingerprint density at radius 1 is 1.06 bits per heavy atom. The number of aliphatic hydroxyl groups excluding tert-OH is 2. The predicted molar refractivity (Wildman–Crippen MR) is 69.0 cm³/mol. The fourth-order valence-corrected chi connectivity index (χ4v) is 4.45. The van der Waals surface area contributed by atoms with Gasteiger partial charge in [0.25, 0.3) is 0 Å². The van der Waals surface area contributed by atoms with Crippen LogP contribution in [0.1, 0.15) is 33.6 Å². The van der Waals surface area contributed by atoms with Crippen molar-refractivity contribution in [1.29, 1.82) is 0 Å². The van der Waals surface area contributed by atoms with Gasteiger partial charge < -0.3 is 14.9 Å². The highest BCUT2D eigenvalue weighted by Gasteiger charge is 2.71. The van der Waals surface area contributed by atoms with Crippen LogP contribution in [0.4, 0.5) is 0 Å². The van der Waals surface area contributed by atoms with Gasteiger partial charge in [-0.2, -0.15) is 0 Å². The van der Waals surface area contributed by atoms with Gasteiger partial charge in [0.05, 0.1) is 11.7 Å². The lowest BCUT2D eigenvalue weighted by Gasteiger charge is -2.30. The second-order valence-electron chi connectivity index (χ2n) is 6.90. The van der Waals surface area contributed by atoms with Crippen LogP contribution in [0.2, 0.25) is 0 Å². The number of ether oxygens (including phenoxy) is 1. The van der Waals surface area contributed by atoms with Crippen molar-refractivity contribution in [1.82, 2.24) is 0 Å². The van der Waals surface area contributed by atoms with Crippen LogP contribution < -0.4 is 0 Å². The second kappa shape index (κ2) is 4.06. The van der Waals surface area contributed by atoms with E-state index < -0.39 is 0 Å². The Bertz CT molecular complexity index is 380. The van der Waals surface area contributed by atoms with Crippen LogP contribution in [-0.4, -0.2) is 35.1 Å². The fraction of sp³-hybridized carbons (Fsp3) is 0.867. The molecule has 0 spiro atoms. The molecular weight excluding hydrogens is 228 g/mol. The normalized spacial score (nSPS) is 40.8. The van der Waals surface area contributed by atoms with Crippen molar-refractivity contribution in [2.24, 2.45) is 23.7 Å². The predicted octanol–water partition coefficient (Wildman–Crippen LogP) is 1.74. The van der Waals surface area contributed by atoms with Crippen molar-refractivity contribution >= 4 is 0 Å². The maximum atomic E-state index is 9.23. The molecule has 4 aliphatic carbocycles. The van der Waals surface area contributed by atoms with Gasteiger partial charge in [0.15, 0.2) is 0 Å². The zero-order chi connectivity index (χ0) is 13.1. The smallest absolute Gasteiger partial charge is 0.0721 e. The minimum absolute atomic E-state index is 0.107. The summed E-state index contributed by atoms with van der Waals surface area (Å²) >= 11 is 0. The van der Waals surface area contributed by atoms with E-state index in [4.69, 9.17) is 4.74 Å². The molecule has 2 fully saturated rings. The first-order chi connectivity index (χ1) is 8.49. The summed E-state index contributed by atoms with van der Waals surface area (Å²) in [6.07, 6.45) is 2.00. The van der Waals surface area contributed by atoms with Gasteiger partial charge >= 0.3 is 0 Å². The van der Waals surface area contributed by atoms with Crippen molar-refractivity contribution < 1.29 is 14.9 Å². The minimum atomic E-state index is -0.107. The summed E-state index contributed by atoms with van der Waals surface area (Å²) in [5.74, 6) is 2.31. The average Bonchev–Trinajstić information content (AvgIpc) is 2.69. The van der Waals surface area contributed by atoms with Gasteiger partial charge in [-0.15, -0.1) is 0 Å². The second-order valence-corrected chi connectivity index (χ2v) is 6.90. The van der Waals surface area contributed by atoms with Crippen LogP contribution in [0.5, 0.6) is 0 Å². The summed E-state index contributed by atoms with van der Waals surface area (Å²) in [5.41, 5.74) is 2.92. The maximum Gasteiger partial charge on any atom is 0.0721 e. The molecule has 4 bridgehead atoms. The number of aliphatic hydroxyl groups is 2. The third kappa shape index (κ3) is 1.68. The summed E-state index contributed by atoms with van der Waals surface area (Å²) in [7, 11) is 0. The Hall–Kier alpha value is -0.380. The highest BCUT2D eigenvalue weighted by molar-refractivity contribution is 5.52. The van der Waals surface area contributed by atoms with E-state index in [0.29, 0.717) is 29.8 Å². The molecule has 0 aliphatic heterocycles. The lowest BCUT2D eigenvalue weighted by Crippen LogP contribution is -2.32. The SMILES string of the molecule is CC(C)(C)OC1C2C(CCO)=C3C(C2CCO)C31. The van der Waals surface area contributed by atoms with E-state index >= 15 is 0 Å². The maximum absolute atomic E-state index is 9.23. The molecule has 2 saturated carbocycles. The third-order valence-corrected chi connectivity index (χ3v) is 4.73. The van der Waals surface area contributed by atoms with E-state index in [1.54, 1.807) is 5.57 Å². The van der Waals surface area contributed by atoms with Crippen molar-refractivity contribution in [3.63, 3.8) is 0 Å². The van der Waals surface area contributed by atoms with E-state index in [2.05, 4.69) is 20.8 Å². The number of hydrogen-bond acceptors (Lipinski definition) is 3. The Labute approximate surface area is 109 Å². The number of hydrogen-bond donors (Lipinski definition) is 2. The largest absolute Gasteiger partial charge is 0.396 e. The summed E-state index contributed by atoms with van der Waals surface area (Å²) in [6.45, 7) is 6.84. The Kier molecular flexibility index (Phi) is 2.85. The molecule has 0 amide bonds. The Morgan fingerprint density at radius 3 is 2.33 bits per heavy atom. The highest BCUT2D eigenvalue weighted by Crippen LogP contribution is 2.74. The molecule has 18 heavy (non-hydrogen) atoms. The molecule has 0 aromatic carbocycles. The molecule has 3 heteroatoms. The Morgan fingerprint density at radius 2 is 1.78 bits per heavy atom. The van der Waals surface area contributed by atoms with Gasteiger partial charge in [-0.05, 0) is 45.4 Å². The summed E-state index contributed by atoms with van der Waals surface area (Å²) in [4.78, 5) is 0. The van der Waals surface area contributed by atoms with E-state index in [0.717, 1.165) is 12.8 Å². The zero-order valence-electron chi connectivity index (χ0n) is 11.5. The summed E-state index contributed by atoms with van der Waals surface area (Å²) < 4.78 is 6.25. The van der Waals surface area contributed by atoms with Crippen LogP contribution in [0.25, 0.3) is 0 Å². The first-order valence-corrected chi connectivity index (χ1v) is 7.12. The van der Waals surface area contributed by atoms with Gasteiger partial charge in [-0.1, -0.05) is 11.1 Å². The molecular formula is C15H24O3. The molecule has 0 saturated heterocycles. The minimum Gasteiger partial charge on any atom is -0.396 e. The van der Waals surface area contributed by atoms with Crippen LogP contribution in [0.3, 0.4) is 0 Å². The van der Waals surface area contributed by atoms with Crippen molar-refractivity contribution in [2.45, 2.75) is 45.3 Å². The molecule has 3 nitrogen and oxygen atoms in total.